The van der Waals surface area contributed by atoms with Crippen molar-refractivity contribution in [1.29, 1.82) is 0 Å². The van der Waals surface area contributed by atoms with Gasteiger partial charge in [-0.05, 0) is 32.7 Å². The van der Waals surface area contributed by atoms with Crippen molar-refractivity contribution in [2.24, 2.45) is 0 Å². The number of hydrogen-bond acceptors (Lipinski definition) is 6. The molecule has 6 nitrogen and oxygen atoms in total. The summed E-state index contributed by atoms with van der Waals surface area (Å²) in [6.45, 7) is 7.15. The normalized spacial score (nSPS) is 34.5. The first-order valence-corrected chi connectivity index (χ1v) is 7.52. The predicted octanol–water partition coefficient (Wildman–Crippen LogP) is 1.58. The number of hydrogen-bond donors (Lipinski definition) is 1. The summed E-state index contributed by atoms with van der Waals surface area (Å²) in [5.41, 5.74) is -0.396. The van der Waals surface area contributed by atoms with Crippen LogP contribution in [0.25, 0.3) is 0 Å². The number of likely N-dealkylation sites (N-methyl/N-ethyl adjacent to an activating group) is 1. The molecule has 112 valence electrons. The molecule has 3 heterocycles. The molecule has 0 spiro atoms. The molecule has 1 aromatic heterocycles. The van der Waals surface area contributed by atoms with Crippen molar-refractivity contribution in [2.75, 3.05) is 26.4 Å². The van der Waals surface area contributed by atoms with Gasteiger partial charge in [0.05, 0.1) is 19.1 Å². The number of nitrogens with zero attached hydrogens (tertiary/aromatic N) is 2. The topological polar surface area (TPSA) is 69.4 Å². The molecular formula is C14H23N3O3. The highest BCUT2D eigenvalue weighted by Crippen LogP contribution is 2.34. The minimum Gasteiger partial charge on any atom is -0.379 e. The smallest absolute Gasteiger partial charge is 0.233 e. The highest BCUT2D eigenvalue weighted by molar-refractivity contribution is 5.07. The molecule has 3 atom stereocenters. The molecule has 3 unspecified atom stereocenters. The van der Waals surface area contributed by atoms with Crippen LogP contribution in [0, 0.1) is 0 Å². The Hall–Kier alpha value is -0.980. The fourth-order valence-electron chi connectivity index (χ4n) is 2.97. The second kappa shape index (κ2) is 5.79. The summed E-state index contributed by atoms with van der Waals surface area (Å²) < 4.78 is 16.9. The molecule has 2 aliphatic rings. The minimum absolute atomic E-state index is 0.142. The Bertz CT molecular complexity index is 443. The van der Waals surface area contributed by atoms with Crippen molar-refractivity contribution in [1.82, 2.24) is 15.5 Å². The summed E-state index contributed by atoms with van der Waals surface area (Å²) in [5.74, 6) is 1.48. The van der Waals surface area contributed by atoms with E-state index in [2.05, 4.69) is 22.4 Å². The third-order valence-electron chi connectivity index (χ3n) is 4.25. The van der Waals surface area contributed by atoms with E-state index >= 15 is 0 Å². The Balaban J connectivity index is 1.76. The average Bonchev–Trinajstić information content (AvgIpc) is 3.08. The molecule has 0 aliphatic carbocycles. The summed E-state index contributed by atoms with van der Waals surface area (Å²) >= 11 is 0. The lowest BCUT2D eigenvalue weighted by atomic mass is 9.95. The molecule has 0 amide bonds. The van der Waals surface area contributed by atoms with Gasteiger partial charge in [-0.25, -0.2) is 0 Å². The Morgan fingerprint density at radius 3 is 3.00 bits per heavy atom. The van der Waals surface area contributed by atoms with Gasteiger partial charge in [-0.2, -0.15) is 4.98 Å². The third kappa shape index (κ3) is 2.60. The lowest BCUT2D eigenvalue weighted by molar-refractivity contribution is -0.0770. The monoisotopic (exact) mass is 281 g/mol. The second-order valence-corrected chi connectivity index (χ2v) is 5.80. The van der Waals surface area contributed by atoms with Crippen LogP contribution in [-0.4, -0.2) is 42.5 Å². The van der Waals surface area contributed by atoms with Crippen LogP contribution in [0.3, 0.4) is 0 Å². The summed E-state index contributed by atoms with van der Waals surface area (Å²) in [7, 11) is 0. The van der Waals surface area contributed by atoms with Crippen LogP contribution in [-0.2, 0) is 15.1 Å². The maximum Gasteiger partial charge on any atom is 0.233 e. The van der Waals surface area contributed by atoms with Crippen molar-refractivity contribution < 1.29 is 14.0 Å². The van der Waals surface area contributed by atoms with E-state index in [0.29, 0.717) is 24.9 Å². The highest BCUT2D eigenvalue weighted by atomic mass is 16.5. The van der Waals surface area contributed by atoms with Crippen LogP contribution >= 0.6 is 0 Å². The molecule has 3 rings (SSSR count). The first kappa shape index (κ1) is 14.0. The van der Waals surface area contributed by atoms with Crippen molar-refractivity contribution in [3.63, 3.8) is 0 Å². The molecule has 2 aliphatic heterocycles. The lowest BCUT2D eigenvalue weighted by Crippen LogP contribution is -2.34. The van der Waals surface area contributed by atoms with Gasteiger partial charge in [0.1, 0.15) is 5.60 Å². The van der Waals surface area contributed by atoms with E-state index in [1.54, 1.807) is 0 Å². The molecule has 6 heteroatoms. The third-order valence-corrected chi connectivity index (χ3v) is 4.25. The highest BCUT2D eigenvalue weighted by Gasteiger charge is 2.38. The molecule has 2 fully saturated rings. The van der Waals surface area contributed by atoms with Gasteiger partial charge in [-0.3, -0.25) is 0 Å². The second-order valence-electron chi connectivity index (χ2n) is 5.80. The van der Waals surface area contributed by atoms with Crippen LogP contribution in [0.1, 0.15) is 50.7 Å². The fraction of sp³-hybridized carbons (Fsp3) is 0.857. The fourth-order valence-corrected chi connectivity index (χ4v) is 2.97. The zero-order chi connectivity index (χ0) is 14.0. The van der Waals surface area contributed by atoms with E-state index in [0.717, 1.165) is 32.4 Å². The molecule has 0 saturated carbocycles. The molecule has 1 aromatic rings. The number of ether oxygens (including phenoxy) is 2. The average molecular weight is 281 g/mol. The zero-order valence-corrected chi connectivity index (χ0v) is 12.2. The van der Waals surface area contributed by atoms with Gasteiger partial charge in [0.2, 0.25) is 11.7 Å². The van der Waals surface area contributed by atoms with Crippen LogP contribution in [0.15, 0.2) is 4.52 Å². The molecule has 20 heavy (non-hydrogen) atoms. The van der Waals surface area contributed by atoms with Gasteiger partial charge in [-0.1, -0.05) is 12.1 Å². The Morgan fingerprint density at radius 2 is 2.25 bits per heavy atom. The molecule has 0 aromatic carbocycles. The van der Waals surface area contributed by atoms with Crippen LogP contribution in [0.5, 0.6) is 0 Å². The van der Waals surface area contributed by atoms with E-state index in [1.165, 1.54) is 0 Å². The van der Waals surface area contributed by atoms with Crippen LogP contribution in [0.2, 0.25) is 0 Å². The van der Waals surface area contributed by atoms with Gasteiger partial charge in [0, 0.05) is 12.6 Å². The minimum atomic E-state index is -0.396. The van der Waals surface area contributed by atoms with Crippen molar-refractivity contribution in [3.05, 3.63) is 11.7 Å². The van der Waals surface area contributed by atoms with Crippen molar-refractivity contribution >= 4 is 0 Å². The van der Waals surface area contributed by atoms with E-state index in [-0.39, 0.29) is 12.0 Å². The van der Waals surface area contributed by atoms with Crippen LogP contribution < -0.4 is 5.32 Å². The molecule has 1 N–H and O–H groups in total. The van der Waals surface area contributed by atoms with E-state index < -0.39 is 5.60 Å². The van der Waals surface area contributed by atoms with E-state index in [1.807, 2.05) is 6.92 Å². The Kier molecular flexibility index (Phi) is 4.05. The van der Waals surface area contributed by atoms with Crippen molar-refractivity contribution in [2.45, 2.75) is 50.7 Å². The molecule has 0 radical (unpaired) electrons. The Morgan fingerprint density at radius 1 is 1.35 bits per heavy atom. The summed E-state index contributed by atoms with van der Waals surface area (Å²) in [5, 5.41) is 7.56. The van der Waals surface area contributed by atoms with E-state index in [9.17, 15) is 0 Å². The molecule has 2 saturated heterocycles. The first-order valence-electron chi connectivity index (χ1n) is 7.52. The predicted molar refractivity (Wildman–Crippen MR) is 72.5 cm³/mol. The van der Waals surface area contributed by atoms with Gasteiger partial charge < -0.3 is 19.3 Å². The molecular weight excluding hydrogens is 258 g/mol. The number of rotatable bonds is 4. The van der Waals surface area contributed by atoms with E-state index in [4.69, 9.17) is 14.0 Å². The van der Waals surface area contributed by atoms with Gasteiger partial charge in [0.25, 0.3) is 0 Å². The summed E-state index contributed by atoms with van der Waals surface area (Å²) in [6, 6.07) is 0.258. The van der Waals surface area contributed by atoms with Crippen LogP contribution in [0.4, 0.5) is 0 Å². The summed E-state index contributed by atoms with van der Waals surface area (Å²) in [4.78, 5) is 4.60. The van der Waals surface area contributed by atoms with Crippen molar-refractivity contribution in [3.8, 4) is 0 Å². The quantitative estimate of drug-likeness (QED) is 0.903. The maximum absolute atomic E-state index is 5.87. The standard InChI is InChI=1S/C14H23N3O3/c1-3-15-11-9-18-8-10(11)12-16-13(17-20-12)14(2)6-4-5-7-19-14/h10-11,15H,3-9H2,1-2H3. The van der Waals surface area contributed by atoms with Gasteiger partial charge >= 0.3 is 0 Å². The number of aromatic nitrogens is 2. The largest absolute Gasteiger partial charge is 0.379 e. The maximum atomic E-state index is 5.87. The zero-order valence-electron chi connectivity index (χ0n) is 12.2. The van der Waals surface area contributed by atoms with Gasteiger partial charge in [-0.15, -0.1) is 0 Å². The Labute approximate surface area is 119 Å². The first-order chi connectivity index (χ1) is 9.73. The molecule has 0 bridgehead atoms. The SMILES string of the molecule is CCNC1COCC1c1nc(C2(C)CCCCO2)no1. The lowest BCUT2D eigenvalue weighted by Gasteiger charge is -2.30. The van der Waals surface area contributed by atoms with Gasteiger partial charge in [0.15, 0.2) is 0 Å². The number of nitrogens with one attached hydrogen (secondary N) is 1. The summed E-state index contributed by atoms with van der Waals surface area (Å²) in [6.07, 6.45) is 3.20.